The van der Waals surface area contributed by atoms with Gasteiger partial charge in [-0.25, -0.2) is 5.84 Å². The van der Waals surface area contributed by atoms with Crippen LogP contribution in [0.15, 0.2) is 45.3 Å². The van der Waals surface area contributed by atoms with E-state index in [1.807, 2.05) is 31.2 Å². The van der Waals surface area contributed by atoms with Crippen LogP contribution in [0.2, 0.25) is 0 Å². The van der Waals surface area contributed by atoms with E-state index in [9.17, 15) is 4.79 Å². The van der Waals surface area contributed by atoms with E-state index in [0.717, 1.165) is 25.8 Å². The van der Waals surface area contributed by atoms with Crippen LogP contribution in [0.5, 0.6) is 5.75 Å². The van der Waals surface area contributed by atoms with E-state index in [0.29, 0.717) is 12.2 Å². The van der Waals surface area contributed by atoms with Gasteiger partial charge in [0.15, 0.2) is 0 Å². The molecule has 110 valence electrons. The monoisotopic (exact) mass is 412 g/mol. The lowest BCUT2D eigenvalue weighted by Crippen LogP contribution is -2.29. The van der Waals surface area contributed by atoms with Crippen molar-refractivity contribution in [2.75, 3.05) is 0 Å². The summed E-state index contributed by atoms with van der Waals surface area (Å²) in [5.74, 6) is 5.61. The molecule has 0 spiro atoms. The molecule has 0 aliphatic carbocycles. The van der Waals surface area contributed by atoms with E-state index in [4.69, 9.17) is 10.6 Å². The highest BCUT2D eigenvalue weighted by Crippen LogP contribution is 2.25. The molecule has 0 saturated carbocycles. The van der Waals surface area contributed by atoms with Crippen LogP contribution in [0.4, 0.5) is 0 Å². The van der Waals surface area contributed by atoms with E-state index < -0.39 is 0 Å². The predicted molar refractivity (Wildman–Crippen MR) is 89.0 cm³/mol. The van der Waals surface area contributed by atoms with Gasteiger partial charge in [-0.3, -0.25) is 10.2 Å². The molecule has 0 saturated heterocycles. The SMILES string of the molecule is Cc1cc(Br)ccc1OCc1ccc(C(=O)NN)cc1Br. The van der Waals surface area contributed by atoms with E-state index in [1.165, 1.54) is 0 Å². The van der Waals surface area contributed by atoms with Crippen LogP contribution in [0.3, 0.4) is 0 Å². The molecule has 4 nitrogen and oxygen atoms in total. The lowest BCUT2D eigenvalue weighted by molar-refractivity contribution is 0.0953. The predicted octanol–water partition coefficient (Wildman–Crippen LogP) is 3.70. The van der Waals surface area contributed by atoms with E-state index in [1.54, 1.807) is 12.1 Å². The lowest BCUT2D eigenvalue weighted by Gasteiger charge is -2.11. The number of nitrogens with one attached hydrogen (secondary N) is 1. The minimum atomic E-state index is -0.327. The summed E-state index contributed by atoms with van der Waals surface area (Å²) in [5.41, 5.74) is 4.60. The minimum absolute atomic E-state index is 0.327. The van der Waals surface area contributed by atoms with E-state index in [2.05, 4.69) is 37.3 Å². The van der Waals surface area contributed by atoms with Gasteiger partial charge >= 0.3 is 0 Å². The van der Waals surface area contributed by atoms with Crippen LogP contribution < -0.4 is 16.0 Å². The van der Waals surface area contributed by atoms with Crippen molar-refractivity contribution >= 4 is 37.8 Å². The number of benzene rings is 2. The third-order valence-electron chi connectivity index (χ3n) is 2.97. The first-order chi connectivity index (χ1) is 10.0. The van der Waals surface area contributed by atoms with Crippen LogP contribution in [0.1, 0.15) is 21.5 Å². The quantitative estimate of drug-likeness (QED) is 0.456. The van der Waals surface area contributed by atoms with Gasteiger partial charge in [0.25, 0.3) is 5.91 Å². The van der Waals surface area contributed by atoms with Crippen LogP contribution in [0.25, 0.3) is 0 Å². The van der Waals surface area contributed by atoms with Crippen molar-refractivity contribution in [2.45, 2.75) is 13.5 Å². The molecule has 0 radical (unpaired) electrons. The molecule has 0 aliphatic rings. The summed E-state index contributed by atoms with van der Waals surface area (Å²) in [6, 6.07) is 11.1. The smallest absolute Gasteiger partial charge is 0.265 e. The van der Waals surface area contributed by atoms with Crippen LogP contribution in [-0.2, 0) is 6.61 Å². The number of aryl methyl sites for hydroxylation is 1. The number of ether oxygens (including phenoxy) is 1. The van der Waals surface area contributed by atoms with Gasteiger partial charge in [-0.15, -0.1) is 0 Å². The molecule has 2 aromatic rings. The van der Waals surface area contributed by atoms with Crippen molar-refractivity contribution in [3.05, 3.63) is 62.0 Å². The average molecular weight is 414 g/mol. The summed E-state index contributed by atoms with van der Waals surface area (Å²) in [6.07, 6.45) is 0. The van der Waals surface area contributed by atoms with Gasteiger partial charge < -0.3 is 4.74 Å². The number of hydrazine groups is 1. The molecular weight excluding hydrogens is 400 g/mol. The van der Waals surface area contributed by atoms with Crippen LogP contribution >= 0.6 is 31.9 Å². The maximum atomic E-state index is 11.4. The zero-order chi connectivity index (χ0) is 15.4. The Labute approximate surface area is 139 Å². The molecule has 0 unspecified atom stereocenters. The van der Waals surface area contributed by atoms with Crippen molar-refractivity contribution in [2.24, 2.45) is 5.84 Å². The number of nitrogen functional groups attached to an aromatic ring is 1. The summed E-state index contributed by atoms with van der Waals surface area (Å²) >= 11 is 6.86. The molecule has 0 bridgehead atoms. The Balaban J connectivity index is 2.11. The third-order valence-corrected chi connectivity index (χ3v) is 4.20. The number of amides is 1. The topological polar surface area (TPSA) is 64.3 Å². The van der Waals surface area contributed by atoms with Crippen molar-refractivity contribution in [3.8, 4) is 5.75 Å². The molecule has 1 amide bonds. The highest BCUT2D eigenvalue weighted by Gasteiger charge is 2.08. The Morgan fingerprint density at radius 3 is 2.62 bits per heavy atom. The fraction of sp³-hybridized carbons (Fsp3) is 0.133. The molecule has 0 heterocycles. The number of rotatable bonds is 4. The van der Waals surface area contributed by atoms with Gasteiger partial charge in [0, 0.05) is 20.1 Å². The molecular formula is C15H14Br2N2O2. The molecule has 3 N–H and O–H groups in total. The first-order valence-electron chi connectivity index (χ1n) is 6.19. The highest BCUT2D eigenvalue weighted by atomic mass is 79.9. The minimum Gasteiger partial charge on any atom is -0.489 e. The van der Waals surface area contributed by atoms with Crippen molar-refractivity contribution < 1.29 is 9.53 Å². The van der Waals surface area contributed by atoms with Crippen molar-refractivity contribution in [1.29, 1.82) is 0 Å². The second-order valence-electron chi connectivity index (χ2n) is 4.48. The summed E-state index contributed by atoms with van der Waals surface area (Å²) in [4.78, 5) is 11.4. The number of hydrogen-bond acceptors (Lipinski definition) is 3. The average Bonchev–Trinajstić information content (AvgIpc) is 2.46. The van der Waals surface area contributed by atoms with Crippen LogP contribution in [0, 0.1) is 6.92 Å². The number of carbonyl (C=O) groups excluding carboxylic acids is 1. The maximum absolute atomic E-state index is 11.4. The second-order valence-corrected chi connectivity index (χ2v) is 6.25. The Kier molecular flexibility index (Phi) is 5.39. The number of carbonyl (C=O) groups is 1. The van der Waals surface area contributed by atoms with E-state index >= 15 is 0 Å². The largest absolute Gasteiger partial charge is 0.489 e. The first kappa shape index (κ1) is 16.0. The van der Waals surface area contributed by atoms with Crippen molar-refractivity contribution in [3.63, 3.8) is 0 Å². The molecule has 21 heavy (non-hydrogen) atoms. The summed E-state index contributed by atoms with van der Waals surface area (Å²) < 4.78 is 7.63. The summed E-state index contributed by atoms with van der Waals surface area (Å²) in [6.45, 7) is 2.40. The number of hydrogen-bond donors (Lipinski definition) is 2. The van der Waals surface area contributed by atoms with Crippen molar-refractivity contribution in [1.82, 2.24) is 5.43 Å². The molecule has 0 aromatic heterocycles. The second kappa shape index (κ2) is 7.06. The van der Waals surface area contributed by atoms with Gasteiger partial charge in [-0.1, -0.05) is 37.9 Å². The zero-order valence-corrected chi connectivity index (χ0v) is 14.5. The van der Waals surface area contributed by atoms with E-state index in [-0.39, 0.29) is 5.91 Å². The van der Waals surface area contributed by atoms with Crippen LogP contribution in [-0.4, -0.2) is 5.91 Å². The Hall–Kier alpha value is -1.37. The summed E-state index contributed by atoms with van der Waals surface area (Å²) in [7, 11) is 0. The molecule has 0 aliphatic heterocycles. The fourth-order valence-electron chi connectivity index (χ4n) is 1.82. The highest BCUT2D eigenvalue weighted by molar-refractivity contribution is 9.10. The molecule has 2 aromatic carbocycles. The fourth-order valence-corrected chi connectivity index (χ4v) is 2.79. The number of nitrogens with two attached hydrogens (primary N) is 1. The Morgan fingerprint density at radius 1 is 1.24 bits per heavy atom. The Bertz CT molecular complexity index is 675. The first-order valence-corrected chi connectivity index (χ1v) is 7.78. The third kappa shape index (κ3) is 4.06. The lowest BCUT2D eigenvalue weighted by atomic mass is 10.1. The summed E-state index contributed by atoms with van der Waals surface area (Å²) in [5, 5.41) is 0. The number of halogens is 2. The molecule has 2 rings (SSSR count). The molecule has 0 atom stereocenters. The Morgan fingerprint density at radius 2 is 2.00 bits per heavy atom. The maximum Gasteiger partial charge on any atom is 0.265 e. The van der Waals surface area contributed by atoms with Gasteiger partial charge in [0.1, 0.15) is 12.4 Å². The van der Waals surface area contributed by atoms with Gasteiger partial charge in [-0.2, -0.15) is 0 Å². The molecule has 0 fully saturated rings. The normalized spacial score (nSPS) is 10.3. The van der Waals surface area contributed by atoms with Gasteiger partial charge in [0.05, 0.1) is 0 Å². The zero-order valence-electron chi connectivity index (χ0n) is 11.3. The standard InChI is InChI=1S/C15H14Br2N2O2/c1-9-6-12(16)4-5-14(9)21-8-11-3-2-10(7-13(11)17)15(20)19-18/h2-7H,8,18H2,1H3,(H,19,20). The molecule has 6 heteroatoms. The van der Waals surface area contributed by atoms with Gasteiger partial charge in [-0.05, 0) is 42.8 Å². The van der Waals surface area contributed by atoms with Gasteiger partial charge in [0.2, 0.25) is 0 Å².